The average Bonchev–Trinajstić information content (AvgIpc) is 0. The van der Waals surface area contributed by atoms with Crippen molar-refractivity contribution in [2.45, 2.75) is 0 Å². The van der Waals surface area contributed by atoms with E-state index < -0.39 is 0 Å². The van der Waals surface area contributed by atoms with Crippen LogP contribution in [0.4, 0.5) is 0 Å². The second-order valence-corrected chi connectivity index (χ2v) is 0. The van der Waals surface area contributed by atoms with Gasteiger partial charge in [0.05, 0.1) is 0 Å². The summed E-state index contributed by atoms with van der Waals surface area (Å²) in [6, 6.07) is 0. The molecule has 0 aromatic carbocycles. The van der Waals surface area contributed by atoms with Crippen molar-refractivity contribution in [2.24, 2.45) is 0 Å². The van der Waals surface area contributed by atoms with Crippen molar-refractivity contribution in [3.05, 3.63) is 0 Å². The molecule has 28 valence electrons. The summed E-state index contributed by atoms with van der Waals surface area (Å²) in [7, 11) is 0. The summed E-state index contributed by atoms with van der Waals surface area (Å²) in [5, 5.41) is 0. The maximum atomic E-state index is 0. The Morgan fingerprint density at radius 1 is 0.500 bits per heavy atom. The molecule has 0 radical (unpaired) electrons. The maximum absolute atomic E-state index is 0. The third-order valence-electron chi connectivity index (χ3n) is 0. The quantitative estimate of drug-likeness (QED) is 0.543. The third-order valence-corrected chi connectivity index (χ3v) is 0. The monoisotopic (exact) mass is 248 g/mol. The van der Waals surface area contributed by atoms with Crippen molar-refractivity contribution in [1.82, 2.24) is 0 Å². The van der Waals surface area contributed by atoms with Gasteiger partial charge in [-0.05, 0) is 0 Å². The van der Waals surface area contributed by atoms with Gasteiger partial charge in [0.2, 0.25) is 0 Å². The molecule has 0 heterocycles. The normalized spacial score (nSPS) is 0. The zero-order valence-electron chi connectivity index (χ0n) is 1.22. The van der Waals surface area contributed by atoms with E-state index in [-0.39, 0.29) is 86.1 Å². The van der Waals surface area contributed by atoms with Gasteiger partial charge in [-0.3, -0.25) is 0 Å². The van der Waals surface area contributed by atoms with Gasteiger partial charge in [0.25, 0.3) is 0 Å². The van der Waals surface area contributed by atoms with Crippen molar-refractivity contribution < 1.29 is 0 Å². The third kappa shape index (κ3) is 8.82. The summed E-state index contributed by atoms with van der Waals surface area (Å²) in [4.78, 5) is 0. The molecule has 0 aliphatic rings. The number of hydrogen-bond donors (Lipinski definition) is 0. The van der Waals surface area contributed by atoms with Crippen LogP contribution in [-0.2, 0) is 0 Å². The Bertz CT molecular complexity index is 3.25. The Labute approximate surface area is 84.4 Å². The number of hydrogen-bond acceptors (Lipinski definition) is 0. The molecule has 0 unspecified atom stereocenters. The first kappa shape index (κ1) is 32.0. The fraction of sp³-hybridized carbons (Fsp3) is 0. The summed E-state index contributed by atoms with van der Waals surface area (Å²) in [6.45, 7) is 0. The topological polar surface area (TPSA) is 0 Å². The van der Waals surface area contributed by atoms with Gasteiger partial charge >= 0.3 is 48.9 Å². The summed E-state index contributed by atoms with van der Waals surface area (Å²) < 4.78 is 0. The van der Waals surface area contributed by atoms with E-state index in [9.17, 15) is 0 Å². The van der Waals surface area contributed by atoms with Crippen molar-refractivity contribution in [3.8, 4) is 0 Å². The van der Waals surface area contributed by atoms with Gasteiger partial charge in [-0.1, -0.05) is 0 Å². The molecule has 0 aromatic rings. The van der Waals surface area contributed by atoms with Gasteiger partial charge < -0.3 is 0 Å². The van der Waals surface area contributed by atoms with Crippen LogP contribution in [0.3, 0.4) is 0 Å². The second kappa shape index (κ2) is 18.0. The Morgan fingerprint density at radius 2 is 0.500 bits per heavy atom. The molecular formula is H5BaCl3. The van der Waals surface area contributed by atoms with Gasteiger partial charge in [-0.2, -0.15) is 0 Å². The van der Waals surface area contributed by atoms with E-state index in [0.717, 1.165) is 0 Å². The van der Waals surface area contributed by atoms with Crippen LogP contribution in [-0.4, -0.2) is 48.9 Å². The van der Waals surface area contributed by atoms with Crippen LogP contribution in [0.5, 0.6) is 0 Å². The molecule has 0 bridgehead atoms. The molecular weight excluding hydrogens is 244 g/mol. The van der Waals surface area contributed by atoms with Crippen LogP contribution < -0.4 is 0 Å². The molecule has 0 rings (SSSR count). The number of rotatable bonds is 0. The molecule has 4 heavy (non-hydrogen) atoms. The standard InChI is InChI=1S/Ba.3ClH.2H/h;3*1H;;. The molecule has 0 N–H and O–H groups in total. The SMILES string of the molecule is Cl.Cl.Cl.[BaH2]. The first-order valence-corrected chi connectivity index (χ1v) is 0. The van der Waals surface area contributed by atoms with Gasteiger partial charge in [0.15, 0.2) is 0 Å². The fourth-order valence-electron chi connectivity index (χ4n) is 0. The van der Waals surface area contributed by atoms with Crippen LogP contribution in [0.25, 0.3) is 0 Å². The van der Waals surface area contributed by atoms with Crippen molar-refractivity contribution in [2.75, 3.05) is 0 Å². The molecule has 0 fully saturated rings. The number of halogens is 3. The van der Waals surface area contributed by atoms with E-state index in [1.54, 1.807) is 0 Å². The summed E-state index contributed by atoms with van der Waals surface area (Å²) >= 11 is 0. The van der Waals surface area contributed by atoms with Gasteiger partial charge in [0, 0.05) is 0 Å². The molecule has 0 spiro atoms. The van der Waals surface area contributed by atoms with Crippen LogP contribution in [0.2, 0.25) is 0 Å². The predicted molar refractivity (Wildman–Crippen MR) is 30.3 cm³/mol. The van der Waals surface area contributed by atoms with Crippen molar-refractivity contribution in [1.29, 1.82) is 0 Å². The van der Waals surface area contributed by atoms with Gasteiger partial charge in [-0.15, -0.1) is 37.2 Å². The van der Waals surface area contributed by atoms with Crippen LogP contribution in [0.15, 0.2) is 0 Å². The Kier molecular flexibility index (Phi) is 144. The zero-order chi connectivity index (χ0) is 0. The molecule has 0 aromatic heterocycles. The molecule has 0 saturated heterocycles. The summed E-state index contributed by atoms with van der Waals surface area (Å²) in [5.74, 6) is 0. The molecule has 4 heteroatoms. The molecule has 0 atom stereocenters. The van der Waals surface area contributed by atoms with Crippen LogP contribution in [0, 0.1) is 0 Å². The summed E-state index contributed by atoms with van der Waals surface area (Å²) in [5.41, 5.74) is 0. The fourth-order valence-corrected chi connectivity index (χ4v) is 0. The van der Waals surface area contributed by atoms with Crippen molar-refractivity contribution >= 4 is 86.1 Å². The van der Waals surface area contributed by atoms with Crippen LogP contribution >= 0.6 is 37.2 Å². The minimum atomic E-state index is 0. The van der Waals surface area contributed by atoms with E-state index in [2.05, 4.69) is 0 Å². The van der Waals surface area contributed by atoms with E-state index in [4.69, 9.17) is 0 Å². The average molecular weight is 249 g/mol. The Morgan fingerprint density at radius 3 is 0.500 bits per heavy atom. The Hall–Kier alpha value is 2.44. The summed E-state index contributed by atoms with van der Waals surface area (Å²) in [6.07, 6.45) is 0. The van der Waals surface area contributed by atoms with E-state index in [1.165, 1.54) is 0 Å². The second-order valence-electron chi connectivity index (χ2n) is 0. The van der Waals surface area contributed by atoms with E-state index in [0.29, 0.717) is 0 Å². The Balaban J connectivity index is 0. The van der Waals surface area contributed by atoms with Gasteiger partial charge in [-0.25, -0.2) is 0 Å². The van der Waals surface area contributed by atoms with E-state index >= 15 is 0 Å². The molecule has 0 nitrogen and oxygen atoms in total. The minimum absolute atomic E-state index is 0. The van der Waals surface area contributed by atoms with E-state index in [1.807, 2.05) is 0 Å². The van der Waals surface area contributed by atoms with Gasteiger partial charge in [0.1, 0.15) is 0 Å². The molecule has 0 aliphatic carbocycles. The molecule has 0 aliphatic heterocycles. The first-order valence-electron chi connectivity index (χ1n) is 0. The molecule has 0 saturated carbocycles. The van der Waals surface area contributed by atoms with Crippen molar-refractivity contribution in [3.63, 3.8) is 0 Å². The predicted octanol–water partition coefficient (Wildman–Crippen LogP) is 0.349. The zero-order valence-corrected chi connectivity index (χ0v) is 3.67. The molecule has 0 amide bonds. The van der Waals surface area contributed by atoms with Crippen LogP contribution in [0.1, 0.15) is 0 Å². The first-order chi connectivity index (χ1) is 0.